The summed E-state index contributed by atoms with van der Waals surface area (Å²) in [5.74, 6) is -0.292. The molecule has 3 nitrogen and oxygen atoms in total. The van der Waals surface area contributed by atoms with E-state index >= 15 is 0 Å². The van der Waals surface area contributed by atoms with Crippen molar-refractivity contribution in [2.24, 2.45) is 4.99 Å². The van der Waals surface area contributed by atoms with Gasteiger partial charge in [0.1, 0.15) is 4.38 Å². The van der Waals surface area contributed by atoms with E-state index in [1.165, 1.54) is 7.11 Å². The molecule has 0 radical (unpaired) electrons. The second-order valence-corrected chi connectivity index (χ2v) is 5.38. The third-order valence-corrected chi connectivity index (χ3v) is 4.26. The molecule has 1 unspecified atom stereocenters. The molecule has 0 saturated carbocycles. The Bertz CT molecular complexity index is 401. The van der Waals surface area contributed by atoms with Gasteiger partial charge in [-0.25, -0.2) is 4.79 Å². The highest BCUT2D eigenvalue weighted by Crippen LogP contribution is 2.15. The van der Waals surface area contributed by atoms with Gasteiger partial charge in [0, 0.05) is 6.42 Å². The Labute approximate surface area is 116 Å². The molecule has 0 heterocycles. The van der Waals surface area contributed by atoms with Gasteiger partial charge in [-0.3, -0.25) is 4.99 Å². The first-order valence-electron chi connectivity index (χ1n) is 5.48. The predicted molar refractivity (Wildman–Crippen MR) is 80.4 cm³/mol. The van der Waals surface area contributed by atoms with E-state index in [-0.39, 0.29) is 5.97 Å². The fraction of sp³-hybridized carbons (Fsp3) is 0.385. The van der Waals surface area contributed by atoms with Gasteiger partial charge in [-0.2, -0.15) is 0 Å². The van der Waals surface area contributed by atoms with Gasteiger partial charge < -0.3 is 4.74 Å². The van der Waals surface area contributed by atoms with Crippen LogP contribution in [0.15, 0.2) is 35.3 Å². The van der Waals surface area contributed by atoms with Crippen molar-refractivity contribution < 1.29 is 9.53 Å². The smallest absolute Gasteiger partial charge is 0.330 e. The van der Waals surface area contributed by atoms with Crippen LogP contribution in [-0.2, 0) is 16.0 Å². The van der Waals surface area contributed by atoms with Crippen LogP contribution in [0.25, 0.3) is 0 Å². The van der Waals surface area contributed by atoms with E-state index in [9.17, 15) is 4.79 Å². The molecule has 18 heavy (non-hydrogen) atoms. The van der Waals surface area contributed by atoms with E-state index in [0.717, 1.165) is 9.94 Å². The zero-order chi connectivity index (χ0) is 13.4. The van der Waals surface area contributed by atoms with Crippen molar-refractivity contribution in [1.29, 1.82) is 0 Å². The second kappa shape index (κ2) is 8.21. The third-order valence-electron chi connectivity index (χ3n) is 2.36. The topological polar surface area (TPSA) is 38.7 Å². The lowest BCUT2D eigenvalue weighted by molar-refractivity contribution is -0.142. The second-order valence-electron chi connectivity index (χ2n) is 3.53. The van der Waals surface area contributed by atoms with E-state index in [2.05, 4.69) is 4.99 Å². The quantitative estimate of drug-likeness (QED) is 0.484. The molecule has 5 heteroatoms. The average molecular weight is 283 g/mol. The number of carbonyl (C=O) groups excluding carboxylic acids is 1. The Morgan fingerprint density at radius 2 is 1.89 bits per heavy atom. The van der Waals surface area contributed by atoms with Crippen LogP contribution in [0.3, 0.4) is 0 Å². The van der Waals surface area contributed by atoms with Crippen LogP contribution in [0.1, 0.15) is 5.56 Å². The standard InChI is InChI=1S/C13H17NO2S2/c1-16-12(15)11(14-13(17-2)18-3)9-10-7-5-4-6-8-10/h4-8,11H,9H2,1-3H3. The van der Waals surface area contributed by atoms with Crippen molar-refractivity contribution in [2.75, 3.05) is 19.6 Å². The summed E-state index contributed by atoms with van der Waals surface area (Å²) in [4.78, 5) is 16.2. The first kappa shape index (κ1) is 15.1. The van der Waals surface area contributed by atoms with E-state index in [4.69, 9.17) is 4.74 Å². The number of thioether (sulfide) groups is 2. The molecule has 0 spiro atoms. The summed E-state index contributed by atoms with van der Waals surface area (Å²) in [6.07, 6.45) is 4.47. The maximum Gasteiger partial charge on any atom is 0.330 e. The summed E-state index contributed by atoms with van der Waals surface area (Å²) in [5, 5.41) is 0. The lowest BCUT2D eigenvalue weighted by Gasteiger charge is -2.11. The van der Waals surface area contributed by atoms with Gasteiger partial charge in [0.05, 0.1) is 7.11 Å². The van der Waals surface area contributed by atoms with Crippen molar-refractivity contribution in [2.45, 2.75) is 12.5 Å². The van der Waals surface area contributed by atoms with Crippen LogP contribution in [0.4, 0.5) is 0 Å². The molecule has 0 N–H and O–H groups in total. The van der Waals surface area contributed by atoms with Gasteiger partial charge in [-0.05, 0) is 18.1 Å². The largest absolute Gasteiger partial charge is 0.467 e. The Balaban J connectivity index is 2.86. The van der Waals surface area contributed by atoms with Crippen molar-refractivity contribution >= 4 is 33.9 Å². The zero-order valence-corrected chi connectivity index (χ0v) is 12.4. The van der Waals surface area contributed by atoms with Gasteiger partial charge in [0.15, 0.2) is 6.04 Å². The molecule has 1 aromatic carbocycles. The number of ether oxygens (including phenoxy) is 1. The van der Waals surface area contributed by atoms with Gasteiger partial charge in [-0.1, -0.05) is 30.3 Å². The molecule has 1 atom stereocenters. The maximum absolute atomic E-state index is 11.7. The molecule has 98 valence electrons. The van der Waals surface area contributed by atoms with Crippen molar-refractivity contribution in [3.05, 3.63) is 35.9 Å². The number of rotatable bonds is 4. The third kappa shape index (κ3) is 4.74. The molecule has 0 aliphatic carbocycles. The highest BCUT2D eigenvalue weighted by Gasteiger charge is 2.19. The summed E-state index contributed by atoms with van der Waals surface area (Å²) in [6.45, 7) is 0. The summed E-state index contributed by atoms with van der Waals surface area (Å²) in [7, 11) is 1.40. The first-order chi connectivity index (χ1) is 8.71. The maximum atomic E-state index is 11.7. The lowest BCUT2D eigenvalue weighted by Crippen LogP contribution is -2.23. The van der Waals surface area contributed by atoms with Crippen LogP contribution in [0.5, 0.6) is 0 Å². The van der Waals surface area contributed by atoms with E-state index in [0.29, 0.717) is 6.42 Å². The van der Waals surface area contributed by atoms with Crippen LogP contribution >= 0.6 is 23.5 Å². The summed E-state index contributed by atoms with van der Waals surface area (Å²) < 4.78 is 5.70. The van der Waals surface area contributed by atoms with Gasteiger partial charge in [0.2, 0.25) is 0 Å². The SMILES string of the molecule is COC(=O)C(Cc1ccccc1)N=C(SC)SC. The van der Waals surface area contributed by atoms with Crippen LogP contribution in [-0.4, -0.2) is 36.0 Å². The van der Waals surface area contributed by atoms with E-state index < -0.39 is 6.04 Å². The molecule has 0 aliphatic heterocycles. The fourth-order valence-corrected chi connectivity index (χ4v) is 2.60. The summed E-state index contributed by atoms with van der Waals surface area (Å²) in [6, 6.07) is 9.38. The highest BCUT2D eigenvalue weighted by atomic mass is 32.2. The molecule has 0 saturated heterocycles. The number of benzene rings is 1. The Morgan fingerprint density at radius 3 is 2.39 bits per heavy atom. The monoisotopic (exact) mass is 283 g/mol. The Kier molecular flexibility index (Phi) is 6.90. The van der Waals surface area contributed by atoms with Crippen LogP contribution < -0.4 is 0 Å². The van der Waals surface area contributed by atoms with Crippen LogP contribution in [0, 0.1) is 0 Å². The van der Waals surface area contributed by atoms with Crippen molar-refractivity contribution in [1.82, 2.24) is 0 Å². The molecular formula is C13H17NO2S2. The first-order valence-corrected chi connectivity index (χ1v) is 7.93. The minimum Gasteiger partial charge on any atom is -0.467 e. The Hall–Kier alpha value is -0.940. The lowest BCUT2D eigenvalue weighted by atomic mass is 10.1. The van der Waals surface area contributed by atoms with Crippen molar-refractivity contribution in [3.63, 3.8) is 0 Å². The van der Waals surface area contributed by atoms with Gasteiger partial charge in [0.25, 0.3) is 0 Å². The zero-order valence-electron chi connectivity index (χ0n) is 10.8. The van der Waals surface area contributed by atoms with E-state index in [1.54, 1.807) is 23.5 Å². The summed E-state index contributed by atoms with van der Waals surface area (Å²) >= 11 is 3.08. The predicted octanol–water partition coefficient (Wildman–Crippen LogP) is 2.85. The molecule has 1 rings (SSSR count). The molecule has 0 fully saturated rings. The van der Waals surface area contributed by atoms with Gasteiger partial charge in [-0.15, -0.1) is 23.5 Å². The van der Waals surface area contributed by atoms with Crippen molar-refractivity contribution in [3.8, 4) is 0 Å². The molecule has 0 aromatic heterocycles. The number of hydrogen-bond acceptors (Lipinski definition) is 5. The molecule has 0 bridgehead atoms. The highest BCUT2D eigenvalue weighted by molar-refractivity contribution is 8.38. The number of esters is 1. The Morgan fingerprint density at radius 1 is 1.28 bits per heavy atom. The normalized spacial score (nSPS) is 11.7. The number of aliphatic imine (C=N–C) groups is 1. The number of carbonyl (C=O) groups is 1. The summed E-state index contributed by atoms with van der Waals surface area (Å²) in [5.41, 5.74) is 1.08. The molecule has 0 aliphatic rings. The number of nitrogens with zero attached hydrogens (tertiary/aromatic N) is 1. The molecule has 1 aromatic rings. The minimum absolute atomic E-state index is 0.292. The number of methoxy groups -OCH3 is 1. The van der Waals surface area contributed by atoms with Crippen LogP contribution in [0.2, 0.25) is 0 Å². The van der Waals surface area contributed by atoms with E-state index in [1.807, 2.05) is 42.8 Å². The average Bonchev–Trinajstić information content (AvgIpc) is 2.43. The molecular weight excluding hydrogens is 266 g/mol. The molecule has 0 amide bonds. The fourth-order valence-electron chi connectivity index (χ4n) is 1.47. The minimum atomic E-state index is -0.465. The van der Waals surface area contributed by atoms with Gasteiger partial charge >= 0.3 is 5.97 Å². The number of hydrogen-bond donors (Lipinski definition) is 0.